The quantitative estimate of drug-likeness (QED) is 0.894. The Hall–Kier alpha value is -1.47. The first-order valence-corrected chi connectivity index (χ1v) is 10.1. The topological polar surface area (TPSA) is 74.7 Å². The van der Waals surface area contributed by atoms with Gasteiger partial charge in [-0.15, -0.1) is 0 Å². The number of halogens is 1. The van der Waals surface area contributed by atoms with Gasteiger partial charge in [-0.1, -0.05) is 6.07 Å². The predicted molar refractivity (Wildman–Crippen MR) is 88.4 cm³/mol. The molecule has 24 heavy (non-hydrogen) atoms. The van der Waals surface area contributed by atoms with E-state index in [1.807, 2.05) is 0 Å². The fourth-order valence-electron chi connectivity index (χ4n) is 3.80. The lowest BCUT2D eigenvalue weighted by Gasteiger charge is -2.31. The summed E-state index contributed by atoms with van der Waals surface area (Å²) in [5.74, 6) is -0.999. The molecule has 2 aliphatic heterocycles. The van der Waals surface area contributed by atoms with Gasteiger partial charge in [-0.25, -0.2) is 17.6 Å². The summed E-state index contributed by atoms with van der Waals surface area (Å²) in [5, 5.41) is 9.01. The molecule has 2 aliphatic rings. The minimum atomic E-state index is -2.84. The number of likely N-dealkylation sites (tertiary alicyclic amines) is 1. The standard InChI is InChI=1S/C17H22FNO4S/c18-16-2-1-12(10-15(16)17(20)21)9-13-3-6-19(11-13)14-4-7-24(22,23)8-5-14/h1-2,10,13-14H,3-9,11H2,(H,20,21). The van der Waals surface area contributed by atoms with Crippen LogP contribution in [0.2, 0.25) is 0 Å². The Morgan fingerprint density at radius 3 is 2.62 bits per heavy atom. The van der Waals surface area contributed by atoms with Gasteiger partial charge >= 0.3 is 5.97 Å². The van der Waals surface area contributed by atoms with Gasteiger partial charge in [0.25, 0.3) is 0 Å². The summed E-state index contributed by atoms with van der Waals surface area (Å²) in [5.41, 5.74) is 0.562. The number of carboxylic acids is 1. The van der Waals surface area contributed by atoms with Crippen molar-refractivity contribution in [3.05, 3.63) is 35.1 Å². The average molecular weight is 355 g/mol. The van der Waals surface area contributed by atoms with Gasteiger partial charge in [0.2, 0.25) is 0 Å². The Labute approximate surface area is 141 Å². The zero-order valence-electron chi connectivity index (χ0n) is 13.4. The SMILES string of the molecule is O=C(O)c1cc(CC2CCN(C3CCS(=O)(=O)CC3)C2)ccc1F. The molecule has 0 saturated carbocycles. The van der Waals surface area contributed by atoms with E-state index in [0.717, 1.165) is 31.5 Å². The second-order valence-electron chi connectivity index (χ2n) is 6.86. The predicted octanol–water partition coefficient (Wildman–Crippen LogP) is 1.97. The molecule has 0 radical (unpaired) electrons. The normalized spacial score (nSPS) is 25.0. The van der Waals surface area contributed by atoms with Crippen molar-refractivity contribution < 1.29 is 22.7 Å². The van der Waals surface area contributed by atoms with Gasteiger partial charge in [0.15, 0.2) is 0 Å². The molecule has 5 nitrogen and oxygen atoms in total. The maximum atomic E-state index is 13.5. The Morgan fingerprint density at radius 1 is 1.25 bits per heavy atom. The highest BCUT2D eigenvalue weighted by atomic mass is 32.2. The average Bonchev–Trinajstić information content (AvgIpc) is 2.97. The molecular formula is C17H22FNO4S. The van der Waals surface area contributed by atoms with Crippen molar-refractivity contribution in [2.24, 2.45) is 5.92 Å². The number of aromatic carboxylic acids is 1. The van der Waals surface area contributed by atoms with Gasteiger partial charge < -0.3 is 10.0 Å². The molecule has 132 valence electrons. The Morgan fingerprint density at radius 2 is 1.96 bits per heavy atom. The molecule has 1 aromatic carbocycles. The van der Waals surface area contributed by atoms with E-state index in [9.17, 15) is 17.6 Å². The van der Waals surface area contributed by atoms with Gasteiger partial charge in [-0.05, 0) is 55.8 Å². The highest BCUT2D eigenvalue weighted by Gasteiger charge is 2.32. The molecule has 0 spiro atoms. The van der Waals surface area contributed by atoms with Gasteiger partial charge in [-0.3, -0.25) is 0 Å². The summed E-state index contributed by atoms with van der Waals surface area (Å²) in [7, 11) is -2.84. The number of carbonyl (C=O) groups is 1. The van der Waals surface area contributed by atoms with Crippen molar-refractivity contribution in [2.45, 2.75) is 31.7 Å². The van der Waals surface area contributed by atoms with Crippen molar-refractivity contribution in [2.75, 3.05) is 24.6 Å². The van der Waals surface area contributed by atoms with Crippen molar-refractivity contribution in [3.63, 3.8) is 0 Å². The molecule has 1 unspecified atom stereocenters. The molecular weight excluding hydrogens is 333 g/mol. The van der Waals surface area contributed by atoms with Crippen LogP contribution < -0.4 is 0 Å². The summed E-state index contributed by atoms with van der Waals surface area (Å²) in [6, 6.07) is 4.63. The fraction of sp³-hybridized carbons (Fsp3) is 0.588. The van der Waals surface area contributed by atoms with E-state index >= 15 is 0 Å². The molecule has 2 saturated heterocycles. The molecule has 2 heterocycles. The molecule has 1 aromatic rings. The van der Waals surface area contributed by atoms with Crippen LogP contribution in [0.4, 0.5) is 4.39 Å². The van der Waals surface area contributed by atoms with Crippen molar-refractivity contribution in [3.8, 4) is 0 Å². The smallest absolute Gasteiger partial charge is 0.338 e. The van der Waals surface area contributed by atoms with E-state index in [1.165, 1.54) is 12.1 Å². The molecule has 7 heteroatoms. The highest BCUT2D eigenvalue weighted by molar-refractivity contribution is 7.91. The maximum absolute atomic E-state index is 13.5. The molecule has 1 N–H and O–H groups in total. The van der Waals surface area contributed by atoms with Gasteiger partial charge in [0.05, 0.1) is 17.1 Å². The third-order valence-electron chi connectivity index (χ3n) is 5.14. The Kier molecular flexibility index (Phi) is 4.92. The summed E-state index contributed by atoms with van der Waals surface area (Å²) in [6.07, 6.45) is 3.13. The molecule has 0 aromatic heterocycles. The van der Waals surface area contributed by atoms with Crippen LogP contribution in [0.5, 0.6) is 0 Å². The second kappa shape index (κ2) is 6.80. The van der Waals surface area contributed by atoms with Gasteiger partial charge in [-0.2, -0.15) is 0 Å². The lowest BCUT2D eigenvalue weighted by molar-refractivity contribution is 0.0691. The summed E-state index contributed by atoms with van der Waals surface area (Å²) in [4.78, 5) is 13.4. The number of carboxylic acid groups (broad SMARTS) is 1. The van der Waals surface area contributed by atoms with E-state index in [-0.39, 0.29) is 17.1 Å². The first-order valence-electron chi connectivity index (χ1n) is 8.30. The minimum Gasteiger partial charge on any atom is -0.478 e. The minimum absolute atomic E-state index is 0.277. The number of hydrogen-bond acceptors (Lipinski definition) is 4. The van der Waals surface area contributed by atoms with E-state index < -0.39 is 21.6 Å². The summed E-state index contributed by atoms with van der Waals surface area (Å²) in [6.45, 7) is 1.84. The number of nitrogens with zero attached hydrogens (tertiary/aromatic N) is 1. The van der Waals surface area contributed by atoms with Crippen LogP contribution in [0, 0.1) is 11.7 Å². The third-order valence-corrected chi connectivity index (χ3v) is 6.86. The van der Waals surface area contributed by atoms with E-state index in [0.29, 0.717) is 24.8 Å². The first kappa shape index (κ1) is 17.4. The Bertz CT molecular complexity index is 720. The van der Waals surface area contributed by atoms with E-state index in [1.54, 1.807) is 6.07 Å². The van der Waals surface area contributed by atoms with Crippen molar-refractivity contribution in [1.29, 1.82) is 0 Å². The maximum Gasteiger partial charge on any atom is 0.338 e. The van der Waals surface area contributed by atoms with Crippen LogP contribution in [0.1, 0.15) is 35.2 Å². The van der Waals surface area contributed by atoms with Gasteiger partial charge in [0, 0.05) is 12.6 Å². The lowest BCUT2D eigenvalue weighted by Crippen LogP contribution is -2.40. The fourth-order valence-corrected chi connectivity index (χ4v) is 5.27. The summed E-state index contributed by atoms with van der Waals surface area (Å²) < 4.78 is 36.5. The van der Waals surface area contributed by atoms with Crippen molar-refractivity contribution >= 4 is 15.8 Å². The molecule has 0 aliphatic carbocycles. The molecule has 1 atom stereocenters. The number of hydrogen-bond donors (Lipinski definition) is 1. The zero-order valence-corrected chi connectivity index (χ0v) is 14.3. The number of rotatable bonds is 4. The number of benzene rings is 1. The van der Waals surface area contributed by atoms with Gasteiger partial charge in [0.1, 0.15) is 15.7 Å². The van der Waals surface area contributed by atoms with Crippen LogP contribution in [0.15, 0.2) is 18.2 Å². The molecule has 0 bridgehead atoms. The molecule has 2 fully saturated rings. The first-order chi connectivity index (χ1) is 11.3. The zero-order chi connectivity index (χ0) is 17.3. The monoisotopic (exact) mass is 355 g/mol. The van der Waals surface area contributed by atoms with Crippen LogP contribution in [0.25, 0.3) is 0 Å². The van der Waals surface area contributed by atoms with E-state index in [4.69, 9.17) is 5.11 Å². The molecule has 0 amide bonds. The van der Waals surface area contributed by atoms with Crippen LogP contribution in [0.3, 0.4) is 0 Å². The van der Waals surface area contributed by atoms with Crippen LogP contribution in [-0.2, 0) is 16.3 Å². The van der Waals surface area contributed by atoms with Crippen molar-refractivity contribution in [1.82, 2.24) is 4.90 Å². The highest BCUT2D eigenvalue weighted by Crippen LogP contribution is 2.27. The summed E-state index contributed by atoms with van der Waals surface area (Å²) >= 11 is 0. The third kappa shape index (κ3) is 3.95. The lowest BCUT2D eigenvalue weighted by atomic mass is 9.97. The van der Waals surface area contributed by atoms with E-state index in [2.05, 4.69) is 4.90 Å². The second-order valence-corrected chi connectivity index (χ2v) is 9.16. The largest absolute Gasteiger partial charge is 0.478 e. The number of sulfone groups is 1. The van der Waals surface area contributed by atoms with Crippen LogP contribution in [-0.4, -0.2) is 55.0 Å². The van der Waals surface area contributed by atoms with Crippen LogP contribution >= 0.6 is 0 Å². The molecule has 3 rings (SSSR count). The Balaban J connectivity index is 1.59.